The maximum atomic E-state index is 11.6. The molecule has 0 aliphatic carbocycles. The first-order valence-corrected chi connectivity index (χ1v) is 6.59. The van der Waals surface area contributed by atoms with Crippen LogP contribution in [0.15, 0.2) is 22.7 Å². The van der Waals surface area contributed by atoms with Crippen LogP contribution in [-0.4, -0.2) is 36.1 Å². The third-order valence-electron chi connectivity index (χ3n) is 2.68. The molecular formula is C13H18BrNO3. The number of carbonyl (C=O) groups is 1. The molecule has 1 aromatic carbocycles. The first kappa shape index (κ1) is 15.0. The third-order valence-corrected chi connectivity index (χ3v) is 3.17. The normalized spacial score (nSPS) is 12.1. The summed E-state index contributed by atoms with van der Waals surface area (Å²) in [7, 11) is 1.72. The van der Waals surface area contributed by atoms with Crippen molar-refractivity contribution in [2.45, 2.75) is 20.0 Å². The van der Waals surface area contributed by atoms with Gasteiger partial charge in [-0.2, -0.15) is 0 Å². The van der Waals surface area contributed by atoms with Gasteiger partial charge in [0.2, 0.25) is 0 Å². The number of ether oxygens (including phenoxy) is 1. The zero-order chi connectivity index (χ0) is 13.7. The lowest BCUT2D eigenvalue weighted by atomic mass is 10.1. The lowest BCUT2D eigenvalue weighted by Crippen LogP contribution is -2.31. The van der Waals surface area contributed by atoms with Gasteiger partial charge in [-0.25, -0.2) is 0 Å². The van der Waals surface area contributed by atoms with E-state index < -0.39 is 6.10 Å². The Balaban J connectivity index is 2.77. The first-order valence-electron chi connectivity index (χ1n) is 5.80. The van der Waals surface area contributed by atoms with Gasteiger partial charge in [0.1, 0.15) is 5.75 Å². The van der Waals surface area contributed by atoms with Gasteiger partial charge in [-0.15, -0.1) is 0 Å². The largest absolute Gasteiger partial charge is 0.483 e. The number of amides is 1. The highest BCUT2D eigenvalue weighted by atomic mass is 79.9. The van der Waals surface area contributed by atoms with E-state index >= 15 is 0 Å². The van der Waals surface area contributed by atoms with Crippen molar-refractivity contribution < 1.29 is 14.6 Å². The SMILES string of the molecule is CCN(C)C(=O)COc1cc(Br)ccc1[C@@H](C)O. The molecule has 0 aromatic heterocycles. The molecule has 1 amide bonds. The van der Waals surface area contributed by atoms with Crippen molar-refractivity contribution in [3.05, 3.63) is 28.2 Å². The standard InChI is InChI=1S/C13H18BrNO3/c1-4-15(3)13(17)8-18-12-7-10(14)5-6-11(12)9(2)16/h5-7,9,16H,4,8H2,1-3H3/t9-/m1/s1. The van der Waals surface area contributed by atoms with Crippen molar-refractivity contribution in [1.82, 2.24) is 4.90 Å². The Kier molecular flexibility index (Phi) is 5.62. The Morgan fingerprint density at radius 3 is 2.78 bits per heavy atom. The molecule has 4 nitrogen and oxygen atoms in total. The summed E-state index contributed by atoms with van der Waals surface area (Å²) in [5, 5.41) is 9.63. The lowest BCUT2D eigenvalue weighted by molar-refractivity contribution is -0.131. The number of hydrogen-bond donors (Lipinski definition) is 1. The Bertz CT molecular complexity index is 421. The molecule has 1 N–H and O–H groups in total. The van der Waals surface area contributed by atoms with Crippen molar-refractivity contribution in [2.75, 3.05) is 20.2 Å². The average Bonchev–Trinajstić information content (AvgIpc) is 2.34. The van der Waals surface area contributed by atoms with Gasteiger partial charge in [0.25, 0.3) is 5.91 Å². The minimum absolute atomic E-state index is 0.0273. The summed E-state index contributed by atoms with van der Waals surface area (Å²) in [5.74, 6) is 0.436. The summed E-state index contributed by atoms with van der Waals surface area (Å²) in [6, 6.07) is 5.36. The summed E-state index contributed by atoms with van der Waals surface area (Å²) >= 11 is 3.34. The molecule has 0 radical (unpaired) electrons. The number of nitrogens with zero attached hydrogens (tertiary/aromatic N) is 1. The number of halogens is 1. The van der Waals surface area contributed by atoms with Crippen LogP contribution in [0.1, 0.15) is 25.5 Å². The van der Waals surface area contributed by atoms with E-state index in [1.54, 1.807) is 31.0 Å². The predicted octanol–water partition coefficient (Wildman–Crippen LogP) is 2.36. The molecule has 1 atom stereocenters. The van der Waals surface area contributed by atoms with E-state index in [1.807, 2.05) is 13.0 Å². The molecule has 18 heavy (non-hydrogen) atoms. The van der Waals surface area contributed by atoms with E-state index in [1.165, 1.54) is 0 Å². The molecule has 0 aliphatic rings. The van der Waals surface area contributed by atoms with Crippen molar-refractivity contribution in [1.29, 1.82) is 0 Å². The Morgan fingerprint density at radius 2 is 2.22 bits per heavy atom. The molecule has 1 rings (SSSR count). The number of benzene rings is 1. The van der Waals surface area contributed by atoms with Crippen LogP contribution >= 0.6 is 15.9 Å². The van der Waals surface area contributed by atoms with E-state index in [9.17, 15) is 9.90 Å². The van der Waals surface area contributed by atoms with Crippen molar-refractivity contribution in [3.63, 3.8) is 0 Å². The molecular weight excluding hydrogens is 298 g/mol. The number of aliphatic hydroxyl groups is 1. The molecule has 0 saturated carbocycles. The van der Waals surface area contributed by atoms with Gasteiger partial charge in [0.05, 0.1) is 6.10 Å². The topological polar surface area (TPSA) is 49.8 Å². The summed E-state index contributed by atoms with van der Waals surface area (Å²) < 4.78 is 6.33. The second kappa shape index (κ2) is 6.75. The van der Waals surface area contributed by atoms with E-state index in [-0.39, 0.29) is 12.5 Å². The number of likely N-dealkylation sites (N-methyl/N-ethyl adjacent to an activating group) is 1. The van der Waals surface area contributed by atoms with Crippen molar-refractivity contribution in [2.24, 2.45) is 0 Å². The summed E-state index contributed by atoms with van der Waals surface area (Å²) in [6.45, 7) is 4.18. The van der Waals surface area contributed by atoms with E-state index in [0.717, 1.165) is 4.47 Å². The highest BCUT2D eigenvalue weighted by Crippen LogP contribution is 2.28. The molecule has 1 aromatic rings. The summed E-state index contributed by atoms with van der Waals surface area (Å²) in [5.41, 5.74) is 0.671. The molecule has 0 spiro atoms. The Morgan fingerprint density at radius 1 is 1.56 bits per heavy atom. The fourth-order valence-electron chi connectivity index (χ4n) is 1.40. The number of carbonyl (C=O) groups excluding carboxylic acids is 1. The summed E-state index contributed by atoms with van der Waals surface area (Å²) in [4.78, 5) is 13.2. The van der Waals surface area contributed by atoms with Gasteiger partial charge in [-0.05, 0) is 26.0 Å². The van der Waals surface area contributed by atoms with Crippen LogP contribution in [0.2, 0.25) is 0 Å². The second-order valence-corrected chi connectivity index (χ2v) is 4.97. The van der Waals surface area contributed by atoms with Gasteiger partial charge in [-0.1, -0.05) is 22.0 Å². The number of hydrogen-bond acceptors (Lipinski definition) is 3. The average molecular weight is 316 g/mol. The smallest absolute Gasteiger partial charge is 0.260 e. The van der Waals surface area contributed by atoms with E-state index in [2.05, 4.69) is 15.9 Å². The van der Waals surface area contributed by atoms with Gasteiger partial charge in [0.15, 0.2) is 6.61 Å². The Labute approximate surface area is 116 Å². The zero-order valence-corrected chi connectivity index (χ0v) is 12.4. The van der Waals surface area contributed by atoms with Crippen LogP contribution in [0.25, 0.3) is 0 Å². The molecule has 0 saturated heterocycles. The molecule has 0 unspecified atom stereocenters. The van der Waals surface area contributed by atoms with E-state index in [0.29, 0.717) is 17.9 Å². The number of aliphatic hydroxyl groups excluding tert-OH is 1. The monoisotopic (exact) mass is 315 g/mol. The van der Waals surface area contributed by atoms with Crippen molar-refractivity contribution in [3.8, 4) is 5.75 Å². The Hall–Kier alpha value is -1.07. The van der Waals surface area contributed by atoms with Crippen molar-refractivity contribution >= 4 is 21.8 Å². The lowest BCUT2D eigenvalue weighted by Gasteiger charge is -2.17. The highest BCUT2D eigenvalue weighted by molar-refractivity contribution is 9.10. The third kappa shape index (κ3) is 3.99. The van der Waals surface area contributed by atoms with Crippen LogP contribution < -0.4 is 4.74 Å². The second-order valence-electron chi connectivity index (χ2n) is 4.05. The molecule has 100 valence electrons. The molecule has 0 heterocycles. The fourth-order valence-corrected chi connectivity index (χ4v) is 1.74. The fraction of sp³-hybridized carbons (Fsp3) is 0.462. The van der Waals surface area contributed by atoms with Crippen LogP contribution in [0.4, 0.5) is 0 Å². The molecule has 0 bridgehead atoms. The number of rotatable bonds is 5. The minimum atomic E-state index is -0.632. The van der Waals surface area contributed by atoms with Gasteiger partial charge in [0, 0.05) is 23.6 Å². The highest BCUT2D eigenvalue weighted by Gasteiger charge is 2.12. The molecule has 0 fully saturated rings. The maximum Gasteiger partial charge on any atom is 0.260 e. The van der Waals surface area contributed by atoms with Gasteiger partial charge in [-0.3, -0.25) is 4.79 Å². The van der Waals surface area contributed by atoms with Crippen LogP contribution in [-0.2, 0) is 4.79 Å². The van der Waals surface area contributed by atoms with E-state index in [4.69, 9.17) is 4.74 Å². The van der Waals surface area contributed by atoms with Gasteiger partial charge >= 0.3 is 0 Å². The zero-order valence-electron chi connectivity index (χ0n) is 10.8. The first-order chi connectivity index (χ1) is 8.45. The van der Waals surface area contributed by atoms with Crippen LogP contribution in [0, 0.1) is 0 Å². The van der Waals surface area contributed by atoms with Crippen LogP contribution in [0.3, 0.4) is 0 Å². The quantitative estimate of drug-likeness (QED) is 0.907. The van der Waals surface area contributed by atoms with Gasteiger partial charge < -0.3 is 14.7 Å². The van der Waals surface area contributed by atoms with Crippen LogP contribution in [0.5, 0.6) is 5.75 Å². The minimum Gasteiger partial charge on any atom is -0.483 e. The molecule has 5 heteroatoms. The summed E-state index contributed by atoms with van der Waals surface area (Å²) in [6.07, 6.45) is -0.632. The molecule has 0 aliphatic heterocycles. The maximum absolute atomic E-state index is 11.6. The predicted molar refractivity (Wildman–Crippen MR) is 73.6 cm³/mol.